The van der Waals surface area contributed by atoms with Crippen LogP contribution in [0.25, 0.3) is 10.2 Å². The van der Waals surface area contributed by atoms with E-state index in [2.05, 4.69) is 18.0 Å². The van der Waals surface area contributed by atoms with Gasteiger partial charge in [-0.3, -0.25) is 4.79 Å². The number of hydrogen-bond acceptors (Lipinski definition) is 8. The van der Waals surface area contributed by atoms with Crippen LogP contribution in [0.15, 0.2) is 18.2 Å². The normalized spacial score (nSPS) is 13.9. The molecule has 0 saturated carbocycles. The third-order valence-corrected chi connectivity index (χ3v) is 6.31. The average Bonchev–Trinajstić information content (AvgIpc) is 3.05. The molecule has 29 heavy (non-hydrogen) atoms. The van der Waals surface area contributed by atoms with Crippen LogP contribution in [0.5, 0.6) is 17.2 Å². The number of ether oxygens (including phenoxy) is 3. The Hall–Kier alpha value is -2.84. The molecule has 1 aliphatic rings. The zero-order valence-electron chi connectivity index (χ0n) is 16.9. The molecule has 2 aromatic heterocycles. The van der Waals surface area contributed by atoms with Gasteiger partial charge in [0.1, 0.15) is 9.71 Å². The summed E-state index contributed by atoms with van der Waals surface area (Å²) < 4.78 is 16.1. The van der Waals surface area contributed by atoms with Gasteiger partial charge in [0, 0.05) is 36.2 Å². The molecular weight excluding hydrogens is 390 g/mol. The van der Waals surface area contributed by atoms with E-state index in [0.717, 1.165) is 35.4 Å². The smallest absolute Gasteiger partial charge is 0.205 e. The molecule has 0 spiro atoms. The quantitative estimate of drug-likeness (QED) is 0.643. The van der Waals surface area contributed by atoms with Crippen LogP contribution in [0.4, 0.5) is 5.69 Å². The highest BCUT2D eigenvalue weighted by molar-refractivity contribution is 7.21. The molecule has 0 unspecified atom stereocenters. The minimum Gasteiger partial charge on any atom is -0.493 e. The third-order valence-electron chi connectivity index (χ3n) is 5.19. The standard InChI is InChI=1S/C21H23N3O4S/c1-24-6-5-14-12(10-24)7-13-17(22)20(29-21(13)23-14)18(25)11-8-15(26-2)19(28-4)16(9-11)27-3/h7-9H,5-6,10,22H2,1-4H3. The molecule has 0 radical (unpaired) electrons. The summed E-state index contributed by atoms with van der Waals surface area (Å²) >= 11 is 1.33. The van der Waals surface area contributed by atoms with Crippen LogP contribution in [0.2, 0.25) is 0 Å². The molecule has 3 aromatic rings. The van der Waals surface area contributed by atoms with Crippen molar-refractivity contribution in [3.05, 3.63) is 39.9 Å². The number of carbonyl (C=O) groups excluding carboxylic acids is 1. The molecule has 3 heterocycles. The van der Waals surface area contributed by atoms with E-state index >= 15 is 0 Å². The van der Waals surface area contributed by atoms with Gasteiger partial charge in [0.15, 0.2) is 11.5 Å². The number of nitrogens with two attached hydrogens (primary N) is 1. The van der Waals surface area contributed by atoms with Crippen molar-refractivity contribution in [1.29, 1.82) is 0 Å². The number of pyridine rings is 1. The van der Waals surface area contributed by atoms with E-state index in [1.807, 2.05) is 0 Å². The summed E-state index contributed by atoms with van der Waals surface area (Å²) in [6.45, 7) is 1.81. The number of fused-ring (bicyclic) bond motifs is 2. The zero-order chi connectivity index (χ0) is 20.7. The van der Waals surface area contributed by atoms with E-state index in [1.165, 1.54) is 38.2 Å². The van der Waals surface area contributed by atoms with E-state index < -0.39 is 0 Å². The van der Waals surface area contributed by atoms with Gasteiger partial charge < -0.3 is 24.8 Å². The number of anilines is 1. The van der Waals surface area contributed by atoms with Crippen LogP contribution in [-0.2, 0) is 13.0 Å². The second-order valence-electron chi connectivity index (χ2n) is 7.02. The zero-order valence-corrected chi connectivity index (χ0v) is 17.7. The fourth-order valence-corrected chi connectivity index (χ4v) is 4.71. The first kappa shape index (κ1) is 19.5. The first-order chi connectivity index (χ1) is 14.0. The number of thiophene rings is 1. The van der Waals surface area contributed by atoms with Gasteiger partial charge in [-0.05, 0) is 30.8 Å². The van der Waals surface area contributed by atoms with E-state index in [0.29, 0.717) is 33.4 Å². The van der Waals surface area contributed by atoms with Gasteiger partial charge in [-0.2, -0.15) is 0 Å². The van der Waals surface area contributed by atoms with E-state index in [4.69, 9.17) is 24.9 Å². The van der Waals surface area contributed by atoms with Gasteiger partial charge in [0.2, 0.25) is 11.5 Å². The Balaban J connectivity index is 1.81. The van der Waals surface area contributed by atoms with Crippen LogP contribution >= 0.6 is 11.3 Å². The summed E-state index contributed by atoms with van der Waals surface area (Å²) in [6.07, 6.45) is 0.899. The number of carbonyl (C=O) groups is 1. The lowest BCUT2D eigenvalue weighted by atomic mass is 10.0. The second-order valence-corrected chi connectivity index (χ2v) is 8.02. The minimum absolute atomic E-state index is 0.195. The Morgan fingerprint density at radius 1 is 1.14 bits per heavy atom. The van der Waals surface area contributed by atoms with Crippen molar-refractivity contribution in [2.45, 2.75) is 13.0 Å². The van der Waals surface area contributed by atoms with E-state index in [-0.39, 0.29) is 5.78 Å². The number of likely N-dealkylation sites (N-methyl/N-ethyl adjacent to an activating group) is 1. The number of aromatic nitrogens is 1. The van der Waals surface area contributed by atoms with Crippen LogP contribution in [0.3, 0.4) is 0 Å². The fourth-order valence-electron chi connectivity index (χ4n) is 3.65. The van der Waals surface area contributed by atoms with Crippen LogP contribution in [0, 0.1) is 0 Å². The average molecular weight is 413 g/mol. The van der Waals surface area contributed by atoms with Crippen molar-refractivity contribution in [3.8, 4) is 17.2 Å². The number of methoxy groups -OCH3 is 3. The van der Waals surface area contributed by atoms with Gasteiger partial charge in [-0.25, -0.2) is 4.98 Å². The number of rotatable bonds is 5. The molecule has 4 rings (SSSR count). The second kappa shape index (κ2) is 7.53. The molecule has 0 atom stereocenters. The maximum atomic E-state index is 13.3. The summed E-state index contributed by atoms with van der Waals surface area (Å²) in [5.41, 5.74) is 9.53. The SMILES string of the molecule is COc1cc(C(=O)c2sc3nc4c(cc3c2N)CN(C)CC4)cc(OC)c1OC. The topological polar surface area (TPSA) is 86.9 Å². The maximum absolute atomic E-state index is 13.3. The molecule has 0 aliphatic carbocycles. The Morgan fingerprint density at radius 3 is 2.45 bits per heavy atom. The summed E-state index contributed by atoms with van der Waals surface area (Å²) in [5, 5.41) is 0.833. The lowest BCUT2D eigenvalue weighted by molar-refractivity contribution is 0.104. The molecule has 0 bridgehead atoms. The van der Waals surface area contributed by atoms with Crippen LogP contribution in [-0.4, -0.2) is 50.6 Å². The lowest BCUT2D eigenvalue weighted by Crippen LogP contribution is -2.27. The number of nitrogen functional groups attached to an aromatic ring is 1. The minimum atomic E-state index is -0.195. The summed E-state index contributed by atoms with van der Waals surface area (Å²) in [6, 6.07) is 5.35. The number of benzene rings is 1. The third kappa shape index (κ3) is 3.28. The van der Waals surface area contributed by atoms with Crippen molar-refractivity contribution in [1.82, 2.24) is 9.88 Å². The Labute approximate surface area is 173 Å². The molecule has 0 saturated heterocycles. The molecule has 1 aliphatic heterocycles. The van der Waals surface area contributed by atoms with Gasteiger partial charge in [-0.15, -0.1) is 11.3 Å². The van der Waals surface area contributed by atoms with Crippen molar-refractivity contribution in [2.75, 3.05) is 40.7 Å². The highest BCUT2D eigenvalue weighted by Gasteiger charge is 2.24. The molecule has 2 N–H and O–H groups in total. The molecule has 152 valence electrons. The molecular formula is C21H23N3O4S. The van der Waals surface area contributed by atoms with E-state index in [1.54, 1.807) is 12.1 Å². The first-order valence-electron chi connectivity index (χ1n) is 9.20. The number of nitrogens with zero attached hydrogens (tertiary/aromatic N) is 2. The Morgan fingerprint density at radius 2 is 1.83 bits per heavy atom. The summed E-state index contributed by atoms with van der Waals surface area (Å²) in [7, 11) is 6.65. The number of ketones is 1. The summed E-state index contributed by atoms with van der Waals surface area (Å²) in [4.78, 5) is 21.6. The van der Waals surface area contributed by atoms with Crippen molar-refractivity contribution >= 4 is 33.0 Å². The number of hydrogen-bond donors (Lipinski definition) is 1. The molecule has 1 aromatic carbocycles. The van der Waals surface area contributed by atoms with Gasteiger partial charge in [0.25, 0.3) is 0 Å². The van der Waals surface area contributed by atoms with Crippen molar-refractivity contribution in [3.63, 3.8) is 0 Å². The highest BCUT2D eigenvalue weighted by atomic mass is 32.1. The molecule has 8 heteroatoms. The van der Waals surface area contributed by atoms with E-state index in [9.17, 15) is 4.79 Å². The lowest BCUT2D eigenvalue weighted by Gasteiger charge is -2.24. The van der Waals surface area contributed by atoms with Gasteiger partial charge in [0.05, 0.1) is 27.0 Å². The largest absolute Gasteiger partial charge is 0.493 e. The Kier molecular flexibility index (Phi) is 5.06. The highest BCUT2D eigenvalue weighted by Crippen LogP contribution is 2.41. The molecule has 7 nitrogen and oxygen atoms in total. The van der Waals surface area contributed by atoms with Crippen molar-refractivity contribution in [2.24, 2.45) is 0 Å². The van der Waals surface area contributed by atoms with Gasteiger partial charge >= 0.3 is 0 Å². The fraction of sp³-hybridized carbons (Fsp3) is 0.333. The molecule has 0 amide bonds. The monoisotopic (exact) mass is 413 g/mol. The predicted octanol–water partition coefficient (Wildman–Crippen LogP) is 3.12. The van der Waals surface area contributed by atoms with Gasteiger partial charge in [-0.1, -0.05) is 0 Å². The summed E-state index contributed by atoms with van der Waals surface area (Å²) in [5.74, 6) is 1.09. The Bertz CT molecular complexity index is 1080. The van der Waals surface area contributed by atoms with Crippen LogP contribution < -0.4 is 19.9 Å². The maximum Gasteiger partial charge on any atom is 0.205 e. The van der Waals surface area contributed by atoms with Crippen LogP contribution in [0.1, 0.15) is 26.5 Å². The first-order valence-corrected chi connectivity index (χ1v) is 10.0. The van der Waals surface area contributed by atoms with Crippen molar-refractivity contribution < 1.29 is 19.0 Å². The predicted molar refractivity (Wildman–Crippen MR) is 114 cm³/mol. The molecule has 0 fully saturated rings.